The number of aryl methyl sites for hydroxylation is 1. The molecule has 2 aliphatic heterocycles. The topological polar surface area (TPSA) is 43.9 Å². The van der Waals surface area contributed by atoms with Gasteiger partial charge in [0.15, 0.2) is 0 Å². The molecule has 2 aliphatic rings. The third kappa shape index (κ3) is 3.59. The number of carbonyl (C=O) groups excluding carboxylic acids is 2. The third-order valence-electron chi connectivity index (χ3n) is 4.77. The van der Waals surface area contributed by atoms with Crippen LogP contribution < -0.4 is 0 Å². The average Bonchev–Trinajstić information content (AvgIpc) is 2.84. The molecule has 1 aromatic carbocycles. The van der Waals surface area contributed by atoms with Gasteiger partial charge in [0.25, 0.3) is 0 Å². The first-order chi connectivity index (χ1) is 11.5. The Morgan fingerprint density at radius 3 is 2.42 bits per heavy atom. The standard InChI is InChI=1S/C18H25N3O2S/c1-13-4-6-15(7-5-13)18-21(17(23)14(2)24-18)12-16(22)20-10-8-19(3)9-11-20/h4-7,14,18H,8-12H2,1-3H3. The van der Waals surface area contributed by atoms with E-state index in [1.807, 2.05) is 18.7 Å². The van der Waals surface area contributed by atoms with Gasteiger partial charge < -0.3 is 14.7 Å². The molecule has 2 heterocycles. The van der Waals surface area contributed by atoms with Gasteiger partial charge in [-0.2, -0.15) is 0 Å². The molecule has 0 aliphatic carbocycles. The fourth-order valence-electron chi connectivity index (χ4n) is 3.13. The van der Waals surface area contributed by atoms with Gasteiger partial charge in [0.05, 0.1) is 5.25 Å². The predicted octanol–water partition coefficient (Wildman–Crippen LogP) is 1.73. The van der Waals surface area contributed by atoms with Gasteiger partial charge in [-0.3, -0.25) is 9.59 Å². The number of nitrogens with zero attached hydrogens (tertiary/aromatic N) is 3. The highest BCUT2D eigenvalue weighted by atomic mass is 32.2. The van der Waals surface area contributed by atoms with Crippen molar-refractivity contribution in [3.63, 3.8) is 0 Å². The van der Waals surface area contributed by atoms with E-state index < -0.39 is 0 Å². The van der Waals surface area contributed by atoms with E-state index in [-0.39, 0.29) is 29.0 Å². The van der Waals surface area contributed by atoms with Crippen LogP contribution in [0.15, 0.2) is 24.3 Å². The van der Waals surface area contributed by atoms with Gasteiger partial charge in [0, 0.05) is 26.2 Å². The maximum atomic E-state index is 12.6. The minimum Gasteiger partial charge on any atom is -0.339 e. The lowest BCUT2D eigenvalue weighted by molar-refractivity contribution is -0.140. The highest BCUT2D eigenvalue weighted by Gasteiger charge is 2.40. The van der Waals surface area contributed by atoms with Gasteiger partial charge in [-0.1, -0.05) is 29.8 Å². The van der Waals surface area contributed by atoms with E-state index in [9.17, 15) is 9.59 Å². The molecule has 0 aromatic heterocycles. The van der Waals surface area contributed by atoms with Gasteiger partial charge in [0.2, 0.25) is 11.8 Å². The van der Waals surface area contributed by atoms with E-state index in [4.69, 9.17) is 0 Å². The summed E-state index contributed by atoms with van der Waals surface area (Å²) in [5.74, 6) is 0.122. The summed E-state index contributed by atoms with van der Waals surface area (Å²) in [6.45, 7) is 7.43. The van der Waals surface area contributed by atoms with E-state index in [0.29, 0.717) is 0 Å². The van der Waals surface area contributed by atoms with Crippen molar-refractivity contribution >= 4 is 23.6 Å². The molecule has 2 amide bonds. The van der Waals surface area contributed by atoms with E-state index in [0.717, 1.165) is 31.7 Å². The number of benzene rings is 1. The van der Waals surface area contributed by atoms with E-state index >= 15 is 0 Å². The van der Waals surface area contributed by atoms with E-state index in [1.165, 1.54) is 5.56 Å². The highest BCUT2D eigenvalue weighted by Crippen LogP contribution is 2.42. The Hall–Kier alpha value is -1.53. The zero-order valence-electron chi connectivity index (χ0n) is 14.6. The van der Waals surface area contributed by atoms with Crippen LogP contribution in [0.1, 0.15) is 23.4 Å². The number of piperazine rings is 1. The Balaban J connectivity index is 1.72. The van der Waals surface area contributed by atoms with Crippen LogP contribution in [0.2, 0.25) is 0 Å². The first-order valence-electron chi connectivity index (χ1n) is 8.44. The third-order valence-corrected chi connectivity index (χ3v) is 6.17. The first-order valence-corrected chi connectivity index (χ1v) is 9.39. The molecule has 0 saturated carbocycles. The molecule has 24 heavy (non-hydrogen) atoms. The molecule has 6 heteroatoms. The fraction of sp³-hybridized carbons (Fsp3) is 0.556. The van der Waals surface area contributed by atoms with Gasteiger partial charge in [-0.05, 0) is 26.5 Å². The van der Waals surface area contributed by atoms with Crippen LogP contribution >= 0.6 is 11.8 Å². The SMILES string of the molecule is Cc1ccc(C2SC(C)C(=O)N2CC(=O)N2CCN(C)CC2)cc1. The van der Waals surface area contributed by atoms with Crippen LogP contribution in [0.4, 0.5) is 0 Å². The van der Waals surface area contributed by atoms with E-state index in [2.05, 4.69) is 36.2 Å². The Bertz CT molecular complexity index is 611. The fourth-order valence-corrected chi connectivity index (χ4v) is 4.40. The number of rotatable bonds is 3. The van der Waals surface area contributed by atoms with Crippen LogP contribution in [0.3, 0.4) is 0 Å². The van der Waals surface area contributed by atoms with Crippen LogP contribution in [-0.4, -0.2) is 71.5 Å². The Morgan fingerprint density at radius 1 is 1.17 bits per heavy atom. The van der Waals surface area contributed by atoms with Crippen molar-refractivity contribution < 1.29 is 9.59 Å². The molecule has 0 bridgehead atoms. The summed E-state index contributed by atoms with van der Waals surface area (Å²) >= 11 is 1.63. The van der Waals surface area contributed by atoms with Crippen LogP contribution in [0, 0.1) is 6.92 Å². The zero-order chi connectivity index (χ0) is 17.3. The molecule has 2 atom stereocenters. The minimum absolute atomic E-state index is 0.0586. The number of thioether (sulfide) groups is 1. The van der Waals surface area contributed by atoms with Crippen molar-refractivity contribution in [2.45, 2.75) is 24.5 Å². The molecule has 130 valence electrons. The Kier molecular flexibility index (Phi) is 5.15. The van der Waals surface area contributed by atoms with Crippen molar-refractivity contribution in [2.24, 2.45) is 0 Å². The van der Waals surface area contributed by atoms with Crippen molar-refractivity contribution in [1.29, 1.82) is 0 Å². The maximum Gasteiger partial charge on any atom is 0.242 e. The minimum atomic E-state index is -0.100. The number of hydrogen-bond acceptors (Lipinski definition) is 4. The smallest absolute Gasteiger partial charge is 0.242 e. The quantitative estimate of drug-likeness (QED) is 0.835. The average molecular weight is 347 g/mol. The summed E-state index contributed by atoms with van der Waals surface area (Å²) in [4.78, 5) is 31.1. The molecular formula is C18H25N3O2S. The van der Waals surface area contributed by atoms with E-state index in [1.54, 1.807) is 16.7 Å². The molecule has 1 aromatic rings. The lowest BCUT2D eigenvalue weighted by atomic mass is 10.1. The normalized spacial score (nSPS) is 25.4. The molecule has 2 fully saturated rings. The Labute approximate surface area is 148 Å². The molecule has 0 N–H and O–H groups in total. The number of likely N-dealkylation sites (N-methyl/N-ethyl adjacent to an activating group) is 1. The monoisotopic (exact) mass is 347 g/mol. The molecular weight excluding hydrogens is 322 g/mol. The van der Waals surface area contributed by atoms with Crippen molar-refractivity contribution in [3.8, 4) is 0 Å². The molecule has 0 spiro atoms. The molecule has 3 rings (SSSR count). The molecule has 2 saturated heterocycles. The summed E-state index contributed by atoms with van der Waals surface area (Å²) in [6, 6.07) is 8.24. The van der Waals surface area contributed by atoms with Gasteiger partial charge in [-0.15, -0.1) is 11.8 Å². The predicted molar refractivity (Wildman–Crippen MR) is 96.8 cm³/mol. The number of amides is 2. The highest BCUT2D eigenvalue weighted by molar-refractivity contribution is 8.01. The molecule has 2 unspecified atom stereocenters. The second kappa shape index (κ2) is 7.15. The summed E-state index contributed by atoms with van der Waals surface area (Å²) in [7, 11) is 2.07. The second-order valence-corrected chi connectivity index (χ2v) is 8.12. The summed E-state index contributed by atoms with van der Waals surface area (Å²) < 4.78 is 0. The first kappa shape index (κ1) is 17.3. The molecule has 0 radical (unpaired) electrons. The lowest BCUT2D eigenvalue weighted by Gasteiger charge is -2.34. The van der Waals surface area contributed by atoms with Gasteiger partial charge >= 0.3 is 0 Å². The summed E-state index contributed by atoms with van der Waals surface area (Å²) in [5, 5.41) is -0.166. The van der Waals surface area contributed by atoms with Crippen LogP contribution in [0.5, 0.6) is 0 Å². The summed E-state index contributed by atoms with van der Waals surface area (Å²) in [5.41, 5.74) is 2.29. The second-order valence-electron chi connectivity index (χ2n) is 6.69. The lowest BCUT2D eigenvalue weighted by Crippen LogP contribution is -2.50. The van der Waals surface area contributed by atoms with Gasteiger partial charge in [0.1, 0.15) is 11.9 Å². The summed E-state index contributed by atoms with van der Waals surface area (Å²) in [6.07, 6.45) is 0. The zero-order valence-corrected chi connectivity index (χ0v) is 15.4. The van der Waals surface area contributed by atoms with Crippen molar-refractivity contribution in [2.75, 3.05) is 39.8 Å². The number of carbonyl (C=O) groups is 2. The number of hydrogen-bond donors (Lipinski definition) is 0. The largest absolute Gasteiger partial charge is 0.339 e. The maximum absolute atomic E-state index is 12.6. The van der Waals surface area contributed by atoms with Crippen molar-refractivity contribution in [1.82, 2.24) is 14.7 Å². The van der Waals surface area contributed by atoms with Gasteiger partial charge in [-0.25, -0.2) is 0 Å². The van der Waals surface area contributed by atoms with Crippen molar-refractivity contribution in [3.05, 3.63) is 35.4 Å². The molecule has 5 nitrogen and oxygen atoms in total. The van der Waals surface area contributed by atoms with Crippen LogP contribution in [0.25, 0.3) is 0 Å². The van der Waals surface area contributed by atoms with Crippen LogP contribution in [-0.2, 0) is 9.59 Å². The Morgan fingerprint density at radius 2 is 1.79 bits per heavy atom.